The van der Waals surface area contributed by atoms with Gasteiger partial charge in [-0.05, 0) is 50.0 Å². The second-order valence-electron chi connectivity index (χ2n) is 6.25. The van der Waals surface area contributed by atoms with Crippen molar-refractivity contribution in [2.24, 2.45) is 5.92 Å². The number of carbonyl (C=O) groups excluding carboxylic acids is 1. The van der Waals surface area contributed by atoms with Gasteiger partial charge in [0.05, 0.1) is 5.56 Å². The highest BCUT2D eigenvalue weighted by Gasteiger charge is 2.34. The molecule has 1 saturated heterocycles. The number of carboxylic acids is 1. The molecule has 1 aromatic heterocycles. The second-order valence-corrected chi connectivity index (χ2v) is 7.21. The number of carbonyl (C=O) groups is 2. The average Bonchev–Trinajstić information content (AvgIpc) is 2.89. The van der Waals surface area contributed by atoms with Crippen LogP contribution in [0.4, 0.5) is 0 Å². The number of fused-ring (bicyclic) bond motifs is 1. The van der Waals surface area contributed by atoms with Crippen LogP contribution in [0.3, 0.4) is 0 Å². The Morgan fingerprint density at radius 2 is 2.14 bits per heavy atom. The van der Waals surface area contributed by atoms with Crippen LogP contribution >= 0.6 is 11.3 Å². The van der Waals surface area contributed by atoms with E-state index < -0.39 is 12.0 Å². The van der Waals surface area contributed by atoms with E-state index in [1.54, 1.807) is 16.2 Å². The first-order valence-corrected chi connectivity index (χ1v) is 8.59. The Balaban J connectivity index is 1.86. The smallest absolute Gasteiger partial charge is 0.326 e. The molecule has 0 bridgehead atoms. The molecule has 2 atom stereocenters. The molecule has 1 aromatic rings. The standard InChI is InChI=1S/C16H21NO3S/c1-10-5-6-11-12(9-21-14(11)8-10)15(18)17-7-3-2-4-13(17)16(19)20/h9-10,13H,2-8H2,1H3,(H,19,20)/t10?,13-/m0/s1. The second kappa shape index (κ2) is 5.79. The molecule has 1 N–H and O–H groups in total. The molecule has 5 heteroatoms. The van der Waals surface area contributed by atoms with Crippen molar-refractivity contribution in [3.05, 3.63) is 21.4 Å². The lowest BCUT2D eigenvalue weighted by atomic mass is 9.88. The predicted molar refractivity (Wildman–Crippen MR) is 81.8 cm³/mol. The SMILES string of the molecule is CC1CCc2c(C(=O)N3CCCC[C@H]3C(=O)O)csc2C1. The molecule has 0 radical (unpaired) electrons. The highest BCUT2D eigenvalue weighted by atomic mass is 32.1. The zero-order valence-electron chi connectivity index (χ0n) is 12.3. The first-order valence-electron chi connectivity index (χ1n) is 7.71. The quantitative estimate of drug-likeness (QED) is 0.914. The summed E-state index contributed by atoms with van der Waals surface area (Å²) in [6.45, 7) is 2.81. The van der Waals surface area contributed by atoms with Crippen molar-refractivity contribution in [1.29, 1.82) is 0 Å². The maximum atomic E-state index is 12.8. The Hall–Kier alpha value is -1.36. The number of hydrogen-bond donors (Lipinski definition) is 1. The van der Waals surface area contributed by atoms with Crippen molar-refractivity contribution in [2.45, 2.75) is 51.5 Å². The molecule has 2 heterocycles. The van der Waals surface area contributed by atoms with Gasteiger partial charge in [-0.2, -0.15) is 0 Å². The fraction of sp³-hybridized carbons (Fsp3) is 0.625. The van der Waals surface area contributed by atoms with Gasteiger partial charge in [0, 0.05) is 16.8 Å². The summed E-state index contributed by atoms with van der Waals surface area (Å²) in [5, 5.41) is 11.3. The largest absolute Gasteiger partial charge is 0.480 e. The van der Waals surface area contributed by atoms with Crippen LogP contribution in [0.25, 0.3) is 0 Å². The molecule has 0 aromatic carbocycles. The minimum absolute atomic E-state index is 0.0749. The maximum Gasteiger partial charge on any atom is 0.326 e. The van der Waals surface area contributed by atoms with Gasteiger partial charge < -0.3 is 10.0 Å². The van der Waals surface area contributed by atoms with Gasteiger partial charge in [0.25, 0.3) is 5.91 Å². The van der Waals surface area contributed by atoms with E-state index in [2.05, 4.69) is 6.92 Å². The van der Waals surface area contributed by atoms with E-state index in [4.69, 9.17) is 0 Å². The van der Waals surface area contributed by atoms with E-state index in [0.29, 0.717) is 18.9 Å². The third-order valence-electron chi connectivity index (χ3n) is 4.68. The Kier molecular flexibility index (Phi) is 4.02. The van der Waals surface area contributed by atoms with E-state index in [1.165, 1.54) is 10.4 Å². The van der Waals surface area contributed by atoms with Crippen molar-refractivity contribution in [3.63, 3.8) is 0 Å². The molecule has 0 spiro atoms. The van der Waals surface area contributed by atoms with Crippen LogP contribution in [-0.2, 0) is 17.6 Å². The van der Waals surface area contributed by atoms with Crippen LogP contribution in [0.5, 0.6) is 0 Å². The topological polar surface area (TPSA) is 57.6 Å². The van der Waals surface area contributed by atoms with Crippen LogP contribution in [0.2, 0.25) is 0 Å². The predicted octanol–water partition coefficient (Wildman–Crippen LogP) is 2.95. The van der Waals surface area contributed by atoms with Gasteiger partial charge in [0.1, 0.15) is 6.04 Å². The fourth-order valence-corrected chi connectivity index (χ4v) is 4.68. The summed E-state index contributed by atoms with van der Waals surface area (Å²) < 4.78 is 0. The summed E-state index contributed by atoms with van der Waals surface area (Å²) in [4.78, 5) is 27.1. The Morgan fingerprint density at radius 1 is 1.33 bits per heavy atom. The maximum absolute atomic E-state index is 12.8. The highest BCUT2D eigenvalue weighted by Crippen LogP contribution is 2.34. The molecule has 1 aliphatic carbocycles. The third-order valence-corrected chi connectivity index (χ3v) is 5.73. The van der Waals surface area contributed by atoms with Gasteiger partial charge in [-0.25, -0.2) is 4.79 Å². The van der Waals surface area contributed by atoms with Crippen molar-refractivity contribution in [3.8, 4) is 0 Å². The molecule has 0 saturated carbocycles. The van der Waals surface area contributed by atoms with Gasteiger partial charge >= 0.3 is 5.97 Å². The summed E-state index contributed by atoms with van der Waals surface area (Å²) >= 11 is 1.66. The number of likely N-dealkylation sites (tertiary alicyclic amines) is 1. The van der Waals surface area contributed by atoms with E-state index >= 15 is 0 Å². The Bertz CT molecular complexity index is 566. The van der Waals surface area contributed by atoms with Gasteiger partial charge in [-0.15, -0.1) is 11.3 Å². The summed E-state index contributed by atoms with van der Waals surface area (Å²) in [5.74, 6) is -0.268. The lowest BCUT2D eigenvalue weighted by molar-refractivity contribution is -0.143. The number of hydrogen-bond acceptors (Lipinski definition) is 3. The monoisotopic (exact) mass is 307 g/mol. The van der Waals surface area contributed by atoms with Crippen LogP contribution in [-0.4, -0.2) is 34.5 Å². The molecular weight excluding hydrogens is 286 g/mol. The molecule has 3 rings (SSSR count). The molecule has 4 nitrogen and oxygen atoms in total. The number of aliphatic carboxylic acids is 1. The first-order chi connectivity index (χ1) is 10.1. The molecule has 1 unspecified atom stereocenters. The summed E-state index contributed by atoms with van der Waals surface area (Å²) in [7, 11) is 0. The third kappa shape index (κ3) is 2.71. The highest BCUT2D eigenvalue weighted by molar-refractivity contribution is 7.10. The number of rotatable bonds is 2. The van der Waals surface area contributed by atoms with E-state index in [0.717, 1.165) is 37.7 Å². The van der Waals surface area contributed by atoms with Crippen molar-refractivity contribution in [1.82, 2.24) is 4.90 Å². The van der Waals surface area contributed by atoms with Crippen LogP contribution in [0.15, 0.2) is 5.38 Å². The Labute approximate surface area is 128 Å². The van der Waals surface area contributed by atoms with Gasteiger partial charge in [-0.1, -0.05) is 6.92 Å². The van der Waals surface area contributed by atoms with Gasteiger partial charge in [0.2, 0.25) is 0 Å². The molecule has 1 aliphatic heterocycles. The van der Waals surface area contributed by atoms with Gasteiger partial charge in [0.15, 0.2) is 0 Å². The number of amides is 1. The van der Waals surface area contributed by atoms with Crippen LogP contribution in [0, 0.1) is 5.92 Å². The molecule has 21 heavy (non-hydrogen) atoms. The van der Waals surface area contributed by atoms with E-state index in [1.807, 2.05) is 5.38 Å². The number of piperidine rings is 1. The first kappa shape index (κ1) is 14.6. The summed E-state index contributed by atoms with van der Waals surface area (Å²) in [6.07, 6.45) is 5.48. The molecule has 1 amide bonds. The van der Waals surface area contributed by atoms with Crippen molar-refractivity contribution >= 4 is 23.2 Å². The van der Waals surface area contributed by atoms with Crippen LogP contribution in [0.1, 0.15) is 53.4 Å². The number of carboxylic acid groups (broad SMARTS) is 1. The zero-order chi connectivity index (χ0) is 15.0. The van der Waals surface area contributed by atoms with Crippen molar-refractivity contribution < 1.29 is 14.7 Å². The number of thiophene rings is 1. The lowest BCUT2D eigenvalue weighted by Gasteiger charge is -2.33. The number of nitrogens with zero attached hydrogens (tertiary/aromatic N) is 1. The summed E-state index contributed by atoms with van der Waals surface area (Å²) in [5.41, 5.74) is 1.94. The minimum Gasteiger partial charge on any atom is -0.480 e. The van der Waals surface area contributed by atoms with E-state index in [-0.39, 0.29) is 5.91 Å². The van der Waals surface area contributed by atoms with E-state index in [9.17, 15) is 14.7 Å². The molecule has 2 aliphatic rings. The fourth-order valence-electron chi connectivity index (χ4n) is 3.44. The average molecular weight is 307 g/mol. The van der Waals surface area contributed by atoms with Crippen molar-refractivity contribution in [2.75, 3.05) is 6.54 Å². The zero-order valence-corrected chi connectivity index (χ0v) is 13.1. The normalized spacial score (nSPS) is 25.5. The van der Waals surface area contributed by atoms with Gasteiger partial charge in [-0.3, -0.25) is 4.79 Å². The summed E-state index contributed by atoms with van der Waals surface area (Å²) in [6, 6.07) is -0.649. The molecular formula is C16H21NO3S. The minimum atomic E-state index is -0.874. The Morgan fingerprint density at radius 3 is 2.90 bits per heavy atom. The van der Waals surface area contributed by atoms with Crippen LogP contribution < -0.4 is 0 Å². The molecule has 1 fully saturated rings. The molecule has 114 valence electrons. The lowest BCUT2D eigenvalue weighted by Crippen LogP contribution is -2.48.